The summed E-state index contributed by atoms with van der Waals surface area (Å²) in [6, 6.07) is 12.2. The summed E-state index contributed by atoms with van der Waals surface area (Å²) in [5, 5.41) is 0.705. The van der Waals surface area contributed by atoms with Crippen LogP contribution in [0.5, 0.6) is 5.75 Å². The number of nitrogens with zero attached hydrogens (tertiary/aromatic N) is 3. The molecule has 2 heterocycles. The molecule has 9 heteroatoms. The number of carbonyl (C=O) groups is 1. The zero-order chi connectivity index (χ0) is 24.3. The van der Waals surface area contributed by atoms with Crippen molar-refractivity contribution in [2.45, 2.75) is 31.6 Å². The number of sulfonamides is 1. The third-order valence-corrected chi connectivity index (χ3v) is 8.86. The lowest BCUT2D eigenvalue weighted by Crippen LogP contribution is -2.50. The first kappa shape index (κ1) is 24.8. The Hall–Kier alpha value is -2.29. The van der Waals surface area contributed by atoms with E-state index in [1.807, 2.05) is 18.2 Å². The summed E-state index contributed by atoms with van der Waals surface area (Å²) in [6.07, 6.45) is 1.77. The van der Waals surface area contributed by atoms with Gasteiger partial charge in [0, 0.05) is 50.0 Å². The molecule has 0 spiro atoms. The van der Waals surface area contributed by atoms with Crippen molar-refractivity contribution in [3.8, 4) is 5.75 Å². The van der Waals surface area contributed by atoms with E-state index < -0.39 is 10.0 Å². The van der Waals surface area contributed by atoms with Gasteiger partial charge >= 0.3 is 0 Å². The van der Waals surface area contributed by atoms with Gasteiger partial charge in [-0.2, -0.15) is 4.31 Å². The Morgan fingerprint density at radius 3 is 2.29 bits per heavy atom. The third-order valence-electron chi connectivity index (χ3n) is 6.71. The van der Waals surface area contributed by atoms with Gasteiger partial charge in [-0.25, -0.2) is 8.42 Å². The summed E-state index contributed by atoms with van der Waals surface area (Å²) in [4.78, 5) is 17.0. The second-order valence-corrected chi connectivity index (χ2v) is 11.5. The Kier molecular flexibility index (Phi) is 7.70. The molecule has 0 radical (unpaired) electrons. The predicted molar refractivity (Wildman–Crippen MR) is 134 cm³/mol. The number of hydrogen-bond acceptors (Lipinski definition) is 5. The number of benzene rings is 2. The maximum absolute atomic E-state index is 12.9. The van der Waals surface area contributed by atoms with Crippen LogP contribution in [-0.4, -0.2) is 69.4 Å². The van der Waals surface area contributed by atoms with Crippen molar-refractivity contribution < 1.29 is 17.9 Å². The van der Waals surface area contributed by atoms with Crippen LogP contribution in [0, 0.1) is 12.8 Å². The fourth-order valence-corrected chi connectivity index (χ4v) is 6.07. The van der Waals surface area contributed by atoms with Crippen LogP contribution in [0.1, 0.15) is 25.3 Å². The van der Waals surface area contributed by atoms with Gasteiger partial charge in [0.25, 0.3) is 5.91 Å². The van der Waals surface area contributed by atoms with Crippen molar-refractivity contribution in [2.75, 3.05) is 50.8 Å². The highest BCUT2D eigenvalue weighted by Crippen LogP contribution is 2.26. The number of halogens is 1. The second-order valence-electron chi connectivity index (χ2n) is 9.15. The molecule has 34 heavy (non-hydrogen) atoms. The predicted octanol–water partition coefficient (Wildman–Crippen LogP) is 3.80. The first-order valence-electron chi connectivity index (χ1n) is 11.8. The standard InChI is InChI=1S/C25H32ClN3O4S/c1-19-9-11-29(12-10-19)34(31,32)23-7-5-22(6-8-23)33-18-25(30)28-15-13-27(14-16-28)24-17-21(26)4-3-20(24)2/h3-8,17,19H,9-16,18H2,1-2H3. The lowest BCUT2D eigenvalue weighted by atomic mass is 10.0. The molecule has 2 aliphatic rings. The highest BCUT2D eigenvalue weighted by molar-refractivity contribution is 7.89. The molecule has 2 saturated heterocycles. The number of carbonyl (C=O) groups excluding carboxylic acids is 1. The lowest BCUT2D eigenvalue weighted by Gasteiger charge is -2.36. The largest absolute Gasteiger partial charge is 0.484 e. The Labute approximate surface area is 207 Å². The average Bonchev–Trinajstić information content (AvgIpc) is 2.84. The highest BCUT2D eigenvalue weighted by atomic mass is 35.5. The number of aryl methyl sites for hydroxylation is 1. The number of rotatable bonds is 6. The molecule has 0 aromatic heterocycles. The molecule has 2 fully saturated rings. The molecular weight excluding hydrogens is 474 g/mol. The van der Waals surface area contributed by atoms with Crippen molar-refractivity contribution >= 4 is 33.2 Å². The maximum Gasteiger partial charge on any atom is 0.260 e. The fraction of sp³-hybridized carbons (Fsp3) is 0.480. The summed E-state index contributed by atoms with van der Waals surface area (Å²) in [6.45, 7) is 7.92. The second kappa shape index (κ2) is 10.5. The van der Waals surface area contributed by atoms with Crippen LogP contribution in [0.25, 0.3) is 0 Å². The maximum atomic E-state index is 12.9. The summed E-state index contributed by atoms with van der Waals surface area (Å²) < 4.78 is 32.9. The van der Waals surface area contributed by atoms with E-state index in [1.165, 1.54) is 0 Å². The van der Waals surface area contributed by atoms with Gasteiger partial charge in [-0.3, -0.25) is 4.79 Å². The summed E-state index contributed by atoms with van der Waals surface area (Å²) in [7, 11) is -3.49. The molecule has 0 N–H and O–H groups in total. The topological polar surface area (TPSA) is 70.2 Å². The minimum Gasteiger partial charge on any atom is -0.484 e. The van der Waals surface area contributed by atoms with E-state index in [0.29, 0.717) is 42.9 Å². The number of amides is 1. The Bertz CT molecular complexity index is 1110. The van der Waals surface area contributed by atoms with E-state index in [4.69, 9.17) is 16.3 Å². The molecule has 0 saturated carbocycles. The quantitative estimate of drug-likeness (QED) is 0.597. The molecule has 1 amide bonds. The van der Waals surface area contributed by atoms with E-state index in [9.17, 15) is 13.2 Å². The SMILES string of the molecule is Cc1ccc(Cl)cc1N1CCN(C(=O)COc2ccc(S(=O)(=O)N3CCC(C)CC3)cc2)CC1. The molecule has 0 bridgehead atoms. The van der Waals surface area contributed by atoms with E-state index in [2.05, 4.69) is 18.7 Å². The van der Waals surface area contributed by atoms with Crippen molar-refractivity contribution in [3.05, 3.63) is 53.1 Å². The van der Waals surface area contributed by atoms with Crippen LogP contribution in [0.3, 0.4) is 0 Å². The Morgan fingerprint density at radius 1 is 1.00 bits per heavy atom. The van der Waals surface area contributed by atoms with Gasteiger partial charge in [-0.05, 0) is 67.6 Å². The van der Waals surface area contributed by atoms with Gasteiger partial charge in [0.2, 0.25) is 10.0 Å². The van der Waals surface area contributed by atoms with Crippen molar-refractivity contribution in [1.82, 2.24) is 9.21 Å². The van der Waals surface area contributed by atoms with Crippen molar-refractivity contribution in [1.29, 1.82) is 0 Å². The highest BCUT2D eigenvalue weighted by Gasteiger charge is 2.28. The zero-order valence-electron chi connectivity index (χ0n) is 19.7. The summed E-state index contributed by atoms with van der Waals surface area (Å²) in [5.41, 5.74) is 2.26. The average molecular weight is 506 g/mol. The number of anilines is 1. The molecule has 4 rings (SSSR count). The first-order chi connectivity index (χ1) is 16.2. The minimum atomic E-state index is -3.49. The number of piperidine rings is 1. The van der Waals surface area contributed by atoms with Gasteiger partial charge < -0.3 is 14.5 Å². The van der Waals surface area contributed by atoms with Gasteiger partial charge in [-0.1, -0.05) is 24.6 Å². The minimum absolute atomic E-state index is 0.0771. The summed E-state index contributed by atoms with van der Waals surface area (Å²) in [5.74, 6) is 0.957. The van der Waals surface area contributed by atoms with E-state index in [1.54, 1.807) is 33.5 Å². The Morgan fingerprint density at radius 2 is 1.65 bits per heavy atom. The van der Waals surface area contributed by atoms with Crippen molar-refractivity contribution in [3.63, 3.8) is 0 Å². The third kappa shape index (κ3) is 5.67. The molecular formula is C25H32ClN3O4S. The van der Waals surface area contributed by atoms with Crippen LogP contribution >= 0.6 is 11.6 Å². The molecule has 0 aliphatic carbocycles. The monoisotopic (exact) mass is 505 g/mol. The van der Waals surface area contributed by atoms with Crippen LogP contribution < -0.4 is 9.64 Å². The van der Waals surface area contributed by atoms with E-state index in [0.717, 1.165) is 37.2 Å². The molecule has 7 nitrogen and oxygen atoms in total. The van der Waals surface area contributed by atoms with Crippen LogP contribution in [-0.2, 0) is 14.8 Å². The van der Waals surface area contributed by atoms with Crippen LogP contribution in [0.2, 0.25) is 5.02 Å². The molecule has 2 aromatic rings. The molecule has 0 atom stereocenters. The van der Waals surface area contributed by atoms with E-state index in [-0.39, 0.29) is 17.4 Å². The molecule has 184 valence electrons. The molecule has 0 unspecified atom stereocenters. The number of ether oxygens (including phenoxy) is 1. The molecule has 2 aliphatic heterocycles. The molecule has 2 aromatic carbocycles. The van der Waals surface area contributed by atoms with Gasteiger partial charge in [0.15, 0.2) is 6.61 Å². The van der Waals surface area contributed by atoms with Gasteiger partial charge in [0.1, 0.15) is 5.75 Å². The van der Waals surface area contributed by atoms with Crippen LogP contribution in [0.4, 0.5) is 5.69 Å². The Balaban J connectivity index is 1.28. The van der Waals surface area contributed by atoms with Gasteiger partial charge in [-0.15, -0.1) is 0 Å². The summed E-state index contributed by atoms with van der Waals surface area (Å²) >= 11 is 6.15. The lowest BCUT2D eigenvalue weighted by molar-refractivity contribution is -0.133. The van der Waals surface area contributed by atoms with Crippen LogP contribution in [0.15, 0.2) is 47.4 Å². The van der Waals surface area contributed by atoms with Gasteiger partial charge in [0.05, 0.1) is 4.90 Å². The number of piperazine rings is 1. The fourth-order valence-electron chi connectivity index (χ4n) is 4.44. The normalized spacial score (nSPS) is 18.2. The zero-order valence-corrected chi connectivity index (χ0v) is 21.3. The smallest absolute Gasteiger partial charge is 0.260 e. The van der Waals surface area contributed by atoms with E-state index >= 15 is 0 Å². The number of hydrogen-bond donors (Lipinski definition) is 0. The van der Waals surface area contributed by atoms with Crippen molar-refractivity contribution in [2.24, 2.45) is 5.92 Å². The first-order valence-corrected chi connectivity index (χ1v) is 13.6.